The molecule has 0 aromatic heterocycles. The highest BCUT2D eigenvalue weighted by Crippen LogP contribution is 1.77. The summed E-state index contributed by atoms with van der Waals surface area (Å²) < 4.78 is 9.56. The summed E-state index contributed by atoms with van der Waals surface area (Å²) in [7, 11) is 0. The van der Waals surface area contributed by atoms with Crippen LogP contribution in [0.3, 0.4) is 0 Å². The monoisotopic (exact) mass is 151 g/mol. The van der Waals surface area contributed by atoms with Crippen molar-refractivity contribution < 1.29 is 4.55 Å². The van der Waals surface area contributed by atoms with E-state index in [0.29, 0.717) is 0 Å². The molecule has 0 saturated carbocycles. The first-order valence-corrected chi connectivity index (χ1v) is 5.06. The third kappa shape index (κ3) is 63.1. The lowest BCUT2D eigenvalue weighted by molar-refractivity contribution is 0.606. The van der Waals surface area contributed by atoms with Crippen molar-refractivity contribution in [1.82, 2.24) is 0 Å². The Bertz CT molecular complexity index is 37.3. The quantitative estimate of drug-likeness (QED) is 0.592. The largest absolute Gasteiger partial charge is 0.617 e. The van der Waals surface area contributed by atoms with Crippen LogP contribution in [-0.2, 0) is 11.2 Å². The van der Waals surface area contributed by atoms with Gasteiger partial charge in [-0.15, -0.1) is 0 Å². The zero-order valence-corrected chi connectivity index (χ0v) is 7.33. The van der Waals surface area contributed by atoms with E-state index in [0.717, 1.165) is 6.54 Å². The molecule has 0 aromatic rings. The molecule has 0 rings (SSSR count). The highest BCUT2D eigenvalue weighted by Gasteiger charge is 1.68. The minimum Gasteiger partial charge on any atom is -0.617 e. The van der Waals surface area contributed by atoms with E-state index >= 15 is 0 Å². The molecule has 0 saturated heterocycles. The first-order valence-electron chi connectivity index (χ1n) is 3.10. The molecule has 2 N–H and O–H groups in total. The molecule has 58 valence electrons. The highest BCUT2D eigenvalue weighted by molar-refractivity contribution is 7.89. The minimum atomic E-state index is -0.611. The summed E-state index contributed by atoms with van der Waals surface area (Å²) in [5.74, 6) is 0. The highest BCUT2D eigenvalue weighted by atomic mass is 32.2. The van der Waals surface area contributed by atoms with Crippen LogP contribution in [0.2, 0.25) is 0 Å². The van der Waals surface area contributed by atoms with Gasteiger partial charge in [0, 0.05) is 0 Å². The van der Waals surface area contributed by atoms with Crippen LogP contribution < -0.4 is 5.73 Å². The van der Waals surface area contributed by atoms with Gasteiger partial charge in [-0.3, -0.25) is 0 Å². The lowest BCUT2D eigenvalue weighted by atomic mass is 10.3. The first-order chi connectivity index (χ1) is 4.15. The van der Waals surface area contributed by atoms with Gasteiger partial charge in [0.1, 0.15) is 0 Å². The van der Waals surface area contributed by atoms with Crippen molar-refractivity contribution in [1.29, 1.82) is 0 Å². The summed E-state index contributed by atoms with van der Waals surface area (Å²) in [6.07, 6.45) is 5.66. The topological polar surface area (TPSA) is 49.1 Å². The molecule has 2 nitrogen and oxygen atoms in total. The predicted molar refractivity (Wildman–Crippen MR) is 44.0 cm³/mol. The number of hydrogen-bond donors (Lipinski definition) is 1. The average molecular weight is 151 g/mol. The van der Waals surface area contributed by atoms with Gasteiger partial charge in [0.2, 0.25) is 0 Å². The molecule has 0 radical (unpaired) electrons. The molecule has 0 fully saturated rings. The van der Waals surface area contributed by atoms with Crippen LogP contribution >= 0.6 is 0 Å². The molecule has 0 amide bonds. The fourth-order valence-corrected chi connectivity index (χ4v) is 0.204. The summed E-state index contributed by atoms with van der Waals surface area (Å²) in [6, 6.07) is 0. The predicted octanol–water partition coefficient (Wildman–Crippen LogP) is 0.740. The van der Waals surface area contributed by atoms with E-state index in [1.165, 1.54) is 12.8 Å². The molecule has 0 atom stereocenters. The Hall–Kier alpha value is 0.270. The SMILES string of the molecule is CCCCN.C[S+](C)[O-]. The maximum absolute atomic E-state index is 9.56. The molecule has 0 bridgehead atoms. The van der Waals surface area contributed by atoms with E-state index in [2.05, 4.69) is 6.92 Å². The Morgan fingerprint density at radius 1 is 1.44 bits per heavy atom. The summed E-state index contributed by atoms with van der Waals surface area (Å²) in [6.45, 7) is 2.98. The Balaban J connectivity index is 0. The van der Waals surface area contributed by atoms with Gasteiger partial charge in [0.25, 0.3) is 0 Å². The van der Waals surface area contributed by atoms with Crippen molar-refractivity contribution in [3.63, 3.8) is 0 Å². The van der Waals surface area contributed by atoms with Gasteiger partial charge in [-0.05, 0) is 13.0 Å². The molecule has 0 aliphatic carbocycles. The Kier molecular flexibility index (Phi) is 14.8. The fraction of sp³-hybridized carbons (Fsp3) is 1.00. The maximum Gasteiger partial charge on any atom is 0.0946 e. The second-order valence-electron chi connectivity index (χ2n) is 1.88. The van der Waals surface area contributed by atoms with Gasteiger partial charge < -0.3 is 10.3 Å². The van der Waals surface area contributed by atoms with Crippen molar-refractivity contribution >= 4 is 11.2 Å². The molecule has 9 heavy (non-hydrogen) atoms. The van der Waals surface area contributed by atoms with Crippen LogP contribution in [0.15, 0.2) is 0 Å². The Labute approximate surface area is 61.0 Å². The second-order valence-corrected chi connectivity index (χ2v) is 3.37. The van der Waals surface area contributed by atoms with E-state index in [-0.39, 0.29) is 0 Å². The van der Waals surface area contributed by atoms with E-state index in [4.69, 9.17) is 5.73 Å². The molecular formula is C6H17NOS. The summed E-state index contributed by atoms with van der Waals surface area (Å²) in [5.41, 5.74) is 5.14. The fourth-order valence-electron chi connectivity index (χ4n) is 0.204. The number of hydrogen-bond acceptors (Lipinski definition) is 2. The van der Waals surface area contributed by atoms with E-state index < -0.39 is 11.2 Å². The van der Waals surface area contributed by atoms with Gasteiger partial charge in [-0.2, -0.15) is 0 Å². The zero-order chi connectivity index (χ0) is 7.70. The van der Waals surface area contributed by atoms with Crippen LogP contribution in [0.4, 0.5) is 0 Å². The lowest BCUT2D eigenvalue weighted by Crippen LogP contribution is -1.95. The minimum absolute atomic E-state index is 0.611. The van der Waals surface area contributed by atoms with Crippen molar-refractivity contribution in [2.45, 2.75) is 19.8 Å². The summed E-state index contributed by atoms with van der Waals surface area (Å²) in [4.78, 5) is 0. The summed E-state index contributed by atoms with van der Waals surface area (Å²) in [5, 5.41) is 0. The Morgan fingerprint density at radius 2 is 1.78 bits per heavy atom. The van der Waals surface area contributed by atoms with Gasteiger partial charge in [-0.1, -0.05) is 24.5 Å². The zero-order valence-electron chi connectivity index (χ0n) is 6.52. The molecular weight excluding hydrogens is 134 g/mol. The van der Waals surface area contributed by atoms with Crippen molar-refractivity contribution in [3.8, 4) is 0 Å². The van der Waals surface area contributed by atoms with E-state index in [1.807, 2.05) is 0 Å². The molecule has 3 heteroatoms. The van der Waals surface area contributed by atoms with Gasteiger partial charge >= 0.3 is 0 Å². The van der Waals surface area contributed by atoms with Gasteiger partial charge in [0.05, 0.1) is 12.5 Å². The van der Waals surface area contributed by atoms with Crippen LogP contribution in [-0.4, -0.2) is 23.6 Å². The normalized spacial score (nSPS) is 8.67. The van der Waals surface area contributed by atoms with Gasteiger partial charge in [0.15, 0.2) is 0 Å². The Morgan fingerprint density at radius 3 is 1.78 bits per heavy atom. The molecule has 0 aliphatic rings. The molecule has 0 heterocycles. The van der Waals surface area contributed by atoms with Crippen LogP contribution in [0.1, 0.15) is 19.8 Å². The molecule has 0 unspecified atom stereocenters. The van der Waals surface area contributed by atoms with E-state index in [1.54, 1.807) is 12.5 Å². The van der Waals surface area contributed by atoms with Crippen LogP contribution in [0.5, 0.6) is 0 Å². The van der Waals surface area contributed by atoms with Crippen LogP contribution in [0, 0.1) is 0 Å². The third-order valence-electron chi connectivity index (χ3n) is 0.558. The lowest BCUT2D eigenvalue weighted by Gasteiger charge is -1.87. The average Bonchev–Trinajstić information content (AvgIpc) is 1.66. The molecule has 0 aromatic carbocycles. The maximum atomic E-state index is 9.56. The van der Waals surface area contributed by atoms with Gasteiger partial charge in [-0.25, -0.2) is 0 Å². The standard InChI is InChI=1S/C4H11N.C2H6OS/c1-2-3-4-5;1-4(2)3/h2-5H2,1H3;1-2H3. The van der Waals surface area contributed by atoms with Crippen molar-refractivity contribution in [2.24, 2.45) is 5.73 Å². The van der Waals surface area contributed by atoms with E-state index in [9.17, 15) is 4.55 Å². The van der Waals surface area contributed by atoms with Crippen molar-refractivity contribution in [2.75, 3.05) is 19.1 Å². The summed E-state index contributed by atoms with van der Waals surface area (Å²) >= 11 is -0.611. The molecule has 0 spiro atoms. The van der Waals surface area contributed by atoms with Crippen molar-refractivity contribution in [3.05, 3.63) is 0 Å². The number of unbranched alkanes of at least 4 members (excludes halogenated alkanes) is 1. The third-order valence-corrected chi connectivity index (χ3v) is 0.558. The molecule has 0 aliphatic heterocycles. The van der Waals surface area contributed by atoms with Crippen LogP contribution in [0.25, 0.3) is 0 Å². The number of rotatable bonds is 2. The second kappa shape index (κ2) is 11.1. The number of nitrogens with two attached hydrogens (primary N) is 1. The smallest absolute Gasteiger partial charge is 0.0946 e. The first kappa shape index (κ1) is 12.0.